The van der Waals surface area contributed by atoms with Crippen molar-refractivity contribution in [3.63, 3.8) is 0 Å². The lowest BCUT2D eigenvalue weighted by molar-refractivity contribution is -0.139. The molecule has 0 aromatic carbocycles. The van der Waals surface area contributed by atoms with Crippen molar-refractivity contribution in [3.05, 3.63) is 24.0 Å². The molecule has 7 heteroatoms. The lowest BCUT2D eigenvalue weighted by Gasteiger charge is -2.17. The Labute approximate surface area is 115 Å². The van der Waals surface area contributed by atoms with E-state index < -0.39 is 30.9 Å². The number of carbonyl (C=O) groups is 2. The van der Waals surface area contributed by atoms with Crippen LogP contribution in [0.2, 0.25) is 0 Å². The Morgan fingerprint density at radius 1 is 1.40 bits per heavy atom. The molecule has 0 saturated heterocycles. The van der Waals surface area contributed by atoms with E-state index in [-0.39, 0.29) is 18.0 Å². The van der Waals surface area contributed by atoms with E-state index in [2.05, 4.69) is 5.32 Å². The van der Waals surface area contributed by atoms with E-state index in [1.54, 1.807) is 0 Å². The highest BCUT2D eigenvalue weighted by Crippen LogP contribution is 2.09. The van der Waals surface area contributed by atoms with Gasteiger partial charge >= 0.3 is 5.97 Å². The molecular weight excluding hydrogens is 270 g/mol. The summed E-state index contributed by atoms with van der Waals surface area (Å²) in [6, 6.07) is 1.82. The maximum absolute atomic E-state index is 12.4. The fraction of sp³-hybridized carbons (Fsp3) is 0.538. The molecular formula is C13H18F2N2O3. The van der Waals surface area contributed by atoms with Crippen LogP contribution in [0.15, 0.2) is 18.3 Å². The van der Waals surface area contributed by atoms with Gasteiger partial charge < -0.3 is 15.0 Å². The highest BCUT2D eigenvalue weighted by Gasteiger charge is 2.23. The standard InChI is InChI=1S/C13H18F2N2O3/c1-8(2)6-9(13(19)20)16-12(18)10-4-3-5-17(10)7-11(14)15/h3-5,8-9,11H,6-7H2,1-2H3,(H,16,18)(H,19,20). The third-order valence-electron chi connectivity index (χ3n) is 2.71. The number of nitrogens with zero attached hydrogens (tertiary/aromatic N) is 1. The molecule has 5 nitrogen and oxygen atoms in total. The van der Waals surface area contributed by atoms with Gasteiger partial charge in [-0.1, -0.05) is 13.8 Å². The molecule has 1 atom stereocenters. The average molecular weight is 288 g/mol. The number of rotatable bonds is 7. The molecule has 0 spiro atoms. The number of aliphatic carboxylic acids is 1. The van der Waals surface area contributed by atoms with Gasteiger partial charge in [0.1, 0.15) is 11.7 Å². The first kappa shape index (κ1) is 16.1. The summed E-state index contributed by atoms with van der Waals surface area (Å²) < 4.78 is 25.8. The van der Waals surface area contributed by atoms with Crippen LogP contribution >= 0.6 is 0 Å². The van der Waals surface area contributed by atoms with Crippen molar-refractivity contribution in [2.75, 3.05) is 0 Å². The number of carboxylic acids is 1. The van der Waals surface area contributed by atoms with Crippen molar-refractivity contribution in [3.8, 4) is 0 Å². The van der Waals surface area contributed by atoms with Gasteiger partial charge in [-0.15, -0.1) is 0 Å². The fourth-order valence-corrected chi connectivity index (χ4v) is 1.85. The molecule has 0 aliphatic carbocycles. The first-order valence-corrected chi connectivity index (χ1v) is 6.28. The van der Waals surface area contributed by atoms with Crippen LogP contribution in [0.4, 0.5) is 8.78 Å². The first-order chi connectivity index (χ1) is 9.31. The van der Waals surface area contributed by atoms with E-state index in [1.165, 1.54) is 18.3 Å². The van der Waals surface area contributed by atoms with Crippen LogP contribution in [0.5, 0.6) is 0 Å². The third-order valence-corrected chi connectivity index (χ3v) is 2.71. The van der Waals surface area contributed by atoms with Gasteiger partial charge in [-0.25, -0.2) is 13.6 Å². The van der Waals surface area contributed by atoms with Gasteiger partial charge in [0.2, 0.25) is 0 Å². The zero-order chi connectivity index (χ0) is 15.3. The van der Waals surface area contributed by atoms with Crippen LogP contribution in [0.1, 0.15) is 30.8 Å². The molecule has 1 rings (SSSR count). The number of hydrogen-bond acceptors (Lipinski definition) is 2. The molecule has 0 aliphatic rings. The Hall–Kier alpha value is -1.92. The maximum Gasteiger partial charge on any atom is 0.326 e. The number of nitrogens with one attached hydrogen (secondary N) is 1. The number of aromatic nitrogens is 1. The summed E-state index contributed by atoms with van der Waals surface area (Å²) >= 11 is 0. The zero-order valence-corrected chi connectivity index (χ0v) is 11.3. The highest BCUT2D eigenvalue weighted by molar-refractivity contribution is 5.95. The van der Waals surface area contributed by atoms with Gasteiger partial charge in [-0.3, -0.25) is 4.79 Å². The Balaban J connectivity index is 2.79. The van der Waals surface area contributed by atoms with Crippen LogP contribution in [0, 0.1) is 5.92 Å². The number of carboxylic acid groups (broad SMARTS) is 1. The van der Waals surface area contributed by atoms with Crippen molar-refractivity contribution in [2.45, 2.75) is 39.3 Å². The van der Waals surface area contributed by atoms with Gasteiger partial charge in [-0.2, -0.15) is 0 Å². The molecule has 1 aromatic heterocycles. The van der Waals surface area contributed by atoms with E-state index in [0.29, 0.717) is 0 Å². The van der Waals surface area contributed by atoms with Crippen LogP contribution < -0.4 is 5.32 Å². The van der Waals surface area contributed by atoms with Crippen LogP contribution in [-0.2, 0) is 11.3 Å². The molecule has 1 aromatic rings. The Bertz CT molecular complexity index is 472. The zero-order valence-electron chi connectivity index (χ0n) is 11.3. The molecule has 0 aliphatic heterocycles. The van der Waals surface area contributed by atoms with E-state index in [1.807, 2.05) is 13.8 Å². The topological polar surface area (TPSA) is 71.3 Å². The molecule has 20 heavy (non-hydrogen) atoms. The minimum Gasteiger partial charge on any atom is -0.480 e. The quantitative estimate of drug-likeness (QED) is 0.806. The highest BCUT2D eigenvalue weighted by atomic mass is 19.3. The Morgan fingerprint density at radius 3 is 2.55 bits per heavy atom. The molecule has 1 heterocycles. The summed E-state index contributed by atoms with van der Waals surface area (Å²) in [6.07, 6.45) is -0.949. The maximum atomic E-state index is 12.4. The number of halogens is 2. The lowest BCUT2D eigenvalue weighted by Crippen LogP contribution is -2.42. The molecule has 0 fully saturated rings. The number of hydrogen-bond donors (Lipinski definition) is 2. The molecule has 0 bridgehead atoms. The van der Waals surface area contributed by atoms with Crippen molar-refractivity contribution in [1.29, 1.82) is 0 Å². The summed E-state index contributed by atoms with van der Waals surface area (Å²) in [5.41, 5.74) is 0.0281. The van der Waals surface area contributed by atoms with Gasteiger partial charge in [-0.05, 0) is 24.5 Å². The third kappa shape index (κ3) is 4.64. The summed E-state index contributed by atoms with van der Waals surface area (Å²) in [6.45, 7) is 3.07. The van der Waals surface area contributed by atoms with Gasteiger partial charge in [0.05, 0.1) is 6.54 Å². The van der Waals surface area contributed by atoms with E-state index in [9.17, 15) is 18.4 Å². The smallest absolute Gasteiger partial charge is 0.326 e. The van der Waals surface area contributed by atoms with Gasteiger partial charge in [0.15, 0.2) is 0 Å². The number of carbonyl (C=O) groups excluding carboxylic acids is 1. The second kappa shape index (κ2) is 7.02. The second-order valence-electron chi connectivity index (χ2n) is 4.93. The summed E-state index contributed by atoms with van der Waals surface area (Å²) in [7, 11) is 0. The average Bonchev–Trinajstić information content (AvgIpc) is 2.74. The monoisotopic (exact) mass is 288 g/mol. The van der Waals surface area contributed by atoms with E-state index in [0.717, 1.165) is 4.57 Å². The Morgan fingerprint density at radius 2 is 2.05 bits per heavy atom. The van der Waals surface area contributed by atoms with Crippen molar-refractivity contribution < 1.29 is 23.5 Å². The summed E-state index contributed by atoms with van der Waals surface area (Å²) in [5.74, 6) is -1.72. The van der Waals surface area contributed by atoms with Crippen LogP contribution in [0.25, 0.3) is 0 Å². The molecule has 1 amide bonds. The van der Waals surface area contributed by atoms with E-state index >= 15 is 0 Å². The molecule has 0 radical (unpaired) electrons. The summed E-state index contributed by atoms with van der Waals surface area (Å²) in [4.78, 5) is 23.0. The normalized spacial score (nSPS) is 12.7. The van der Waals surface area contributed by atoms with Gasteiger partial charge in [0.25, 0.3) is 12.3 Å². The van der Waals surface area contributed by atoms with Crippen LogP contribution in [-0.4, -0.2) is 34.0 Å². The summed E-state index contributed by atoms with van der Waals surface area (Å²) in [5, 5.41) is 11.4. The minimum absolute atomic E-state index is 0.0281. The molecule has 1 unspecified atom stereocenters. The van der Waals surface area contributed by atoms with E-state index in [4.69, 9.17) is 5.11 Å². The first-order valence-electron chi connectivity index (χ1n) is 6.28. The molecule has 0 saturated carbocycles. The molecule has 2 N–H and O–H groups in total. The van der Waals surface area contributed by atoms with Crippen molar-refractivity contribution in [2.24, 2.45) is 5.92 Å². The van der Waals surface area contributed by atoms with Crippen molar-refractivity contribution in [1.82, 2.24) is 9.88 Å². The predicted octanol–water partition coefficient (Wildman–Crippen LogP) is 1.98. The molecule has 112 valence electrons. The van der Waals surface area contributed by atoms with Crippen molar-refractivity contribution >= 4 is 11.9 Å². The minimum atomic E-state index is -2.58. The second-order valence-corrected chi connectivity index (χ2v) is 4.93. The number of amides is 1. The van der Waals surface area contributed by atoms with Gasteiger partial charge in [0, 0.05) is 6.20 Å². The fourth-order valence-electron chi connectivity index (χ4n) is 1.85. The number of alkyl halides is 2. The largest absolute Gasteiger partial charge is 0.480 e. The lowest BCUT2D eigenvalue weighted by atomic mass is 10.0. The predicted molar refractivity (Wildman–Crippen MR) is 68.8 cm³/mol. The Kier molecular flexibility index (Phi) is 5.66. The van der Waals surface area contributed by atoms with Crippen LogP contribution in [0.3, 0.4) is 0 Å². The SMILES string of the molecule is CC(C)CC(NC(=O)c1cccn1CC(F)F)C(=O)O.